The minimum atomic E-state index is -0.360. The largest absolute Gasteiger partial charge is 0.385 e. The Balaban J connectivity index is 1.60. The number of hydrogen-bond donors (Lipinski definition) is 3. The third-order valence-corrected chi connectivity index (χ3v) is 3.64. The lowest BCUT2D eigenvalue weighted by Crippen LogP contribution is -2.37. The van der Waals surface area contributed by atoms with Crippen LogP contribution in [-0.4, -0.2) is 31.4 Å². The van der Waals surface area contributed by atoms with Crippen LogP contribution in [0.15, 0.2) is 54.6 Å². The molecule has 0 saturated heterocycles. The van der Waals surface area contributed by atoms with Crippen molar-refractivity contribution in [3.05, 3.63) is 65.2 Å². The molecule has 6 heteroatoms. The highest BCUT2D eigenvalue weighted by Gasteiger charge is 2.10. The number of carbonyl (C=O) groups is 2. The summed E-state index contributed by atoms with van der Waals surface area (Å²) in [6.45, 7) is 1.23. The van der Waals surface area contributed by atoms with Gasteiger partial charge in [-0.05, 0) is 30.7 Å². The van der Waals surface area contributed by atoms with Crippen molar-refractivity contribution in [2.24, 2.45) is 0 Å². The average molecular weight is 346 g/mol. The van der Waals surface area contributed by atoms with Crippen LogP contribution >= 0.6 is 11.6 Å². The molecule has 0 fully saturated rings. The van der Waals surface area contributed by atoms with Gasteiger partial charge < -0.3 is 16.0 Å². The number of carbonyl (C=O) groups excluding carboxylic acids is 2. The van der Waals surface area contributed by atoms with E-state index < -0.39 is 0 Å². The van der Waals surface area contributed by atoms with Gasteiger partial charge in [0.25, 0.3) is 5.91 Å². The van der Waals surface area contributed by atoms with E-state index in [2.05, 4.69) is 16.0 Å². The van der Waals surface area contributed by atoms with E-state index in [1.54, 1.807) is 24.3 Å². The van der Waals surface area contributed by atoms with Crippen LogP contribution in [0.5, 0.6) is 0 Å². The molecule has 2 aromatic rings. The number of halogens is 1. The molecule has 0 saturated carbocycles. The van der Waals surface area contributed by atoms with Crippen LogP contribution in [0.3, 0.4) is 0 Å². The molecule has 24 heavy (non-hydrogen) atoms. The second kappa shape index (κ2) is 9.57. The van der Waals surface area contributed by atoms with Gasteiger partial charge in [-0.2, -0.15) is 0 Å². The van der Waals surface area contributed by atoms with Gasteiger partial charge in [-0.1, -0.05) is 41.9 Å². The van der Waals surface area contributed by atoms with Gasteiger partial charge in [0.05, 0.1) is 17.1 Å². The predicted molar refractivity (Wildman–Crippen MR) is 96.3 cm³/mol. The summed E-state index contributed by atoms with van der Waals surface area (Å²) in [7, 11) is 0. The minimum Gasteiger partial charge on any atom is -0.385 e. The lowest BCUT2D eigenvalue weighted by molar-refractivity contribution is -0.120. The standard InChI is InChI=1S/C18H20ClN3O2/c19-16-10-5-4-9-15(16)18(24)22-13-17(23)21-12-6-11-20-14-7-2-1-3-8-14/h1-5,7-10,20H,6,11-13H2,(H,21,23)(H,22,24). The highest BCUT2D eigenvalue weighted by molar-refractivity contribution is 6.33. The van der Waals surface area contributed by atoms with E-state index in [-0.39, 0.29) is 18.4 Å². The molecule has 5 nitrogen and oxygen atoms in total. The van der Waals surface area contributed by atoms with Crippen molar-refractivity contribution in [2.45, 2.75) is 6.42 Å². The maximum atomic E-state index is 11.9. The summed E-state index contributed by atoms with van der Waals surface area (Å²) in [4.78, 5) is 23.6. The summed E-state index contributed by atoms with van der Waals surface area (Å²) in [6.07, 6.45) is 0.791. The van der Waals surface area contributed by atoms with E-state index in [9.17, 15) is 9.59 Å². The first-order valence-electron chi connectivity index (χ1n) is 7.75. The fourth-order valence-electron chi connectivity index (χ4n) is 2.07. The van der Waals surface area contributed by atoms with Crippen molar-refractivity contribution >= 4 is 29.1 Å². The van der Waals surface area contributed by atoms with E-state index >= 15 is 0 Å². The molecule has 0 unspecified atom stereocenters. The van der Waals surface area contributed by atoms with Gasteiger partial charge in [0.1, 0.15) is 0 Å². The SMILES string of the molecule is O=C(CNC(=O)c1ccccc1Cl)NCCCNc1ccccc1. The topological polar surface area (TPSA) is 70.2 Å². The second-order valence-electron chi connectivity index (χ2n) is 5.16. The second-order valence-corrected chi connectivity index (χ2v) is 5.57. The van der Waals surface area contributed by atoms with E-state index in [0.717, 1.165) is 18.7 Å². The first kappa shape index (κ1) is 17.8. The molecule has 0 spiro atoms. The molecular formula is C18H20ClN3O2. The van der Waals surface area contributed by atoms with E-state index in [0.29, 0.717) is 17.1 Å². The first-order chi connectivity index (χ1) is 11.7. The minimum absolute atomic E-state index is 0.0732. The predicted octanol–water partition coefficient (Wildman–Crippen LogP) is 2.69. The van der Waals surface area contributed by atoms with Crippen molar-refractivity contribution in [1.29, 1.82) is 0 Å². The van der Waals surface area contributed by atoms with Gasteiger partial charge >= 0.3 is 0 Å². The summed E-state index contributed by atoms with van der Waals surface area (Å²) in [5, 5.41) is 8.94. The molecule has 3 N–H and O–H groups in total. The van der Waals surface area contributed by atoms with Crippen molar-refractivity contribution in [1.82, 2.24) is 10.6 Å². The highest BCUT2D eigenvalue weighted by atomic mass is 35.5. The molecule has 0 heterocycles. The fourth-order valence-corrected chi connectivity index (χ4v) is 2.29. The number of amides is 2. The molecule has 0 aliphatic carbocycles. The fraction of sp³-hybridized carbons (Fsp3) is 0.222. The third-order valence-electron chi connectivity index (χ3n) is 3.31. The van der Waals surface area contributed by atoms with Gasteiger partial charge in [-0.3, -0.25) is 9.59 Å². The molecule has 0 aromatic heterocycles. The summed E-state index contributed by atoms with van der Waals surface area (Å²) in [5.41, 5.74) is 1.41. The van der Waals surface area contributed by atoms with Gasteiger partial charge in [0, 0.05) is 18.8 Å². The quantitative estimate of drug-likeness (QED) is 0.644. The van der Waals surface area contributed by atoms with Crippen LogP contribution in [0.1, 0.15) is 16.8 Å². The lowest BCUT2D eigenvalue weighted by Gasteiger charge is -2.09. The Bertz CT molecular complexity index is 677. The normalized spacial score (nSPS) is 10.0. The number of anilines is 1. The molecule has 0 aliphatic rings. The van der Waals surface area contributed by atoms with Gasteiger partial charge in [0.2, 0.25) is 5.91 Å². The van der Waals surface area contributed by atoms with Crippen LogP contribution in [-0.2, 0) is 4.79 Å². The monoisotopic (exact) mass is 345 g/mol. The number of benzene rings is 2. The number of hydrogen-bond acceptors (Lipinski definition) is 3. The van der Waals surface area contributed by atoms with Gasteiger partial charge in [0.15, 0.2) is 0 Å². The molecule has 2 aromatic carbocycles. The van der Waals surface area contributed by atoms with Gasteiger partial charge in [-0.15, -0.1) is 0 Å². The Morgan fingerprint density at radius 1 is 0.875 bits per heavy atom. The first-order valence-corrected chi connectivity index (χ1v) is 8.13. The van der Waals surface area contributed by atoms with Crippen LogP contribution in [0, 0.1) is 0 Å². The van der Waals surface area contributed by atoms with Crippen LogP contribution < -0.4 is 16.0 Å². The molecule has 2 rings (SSSR count). The average Bonchev–Trinajstić information content (AvgIpc) is 2.60. The molecule has 0 bridgehead atoms. The molecule has 126 valence electrons. The summed E-state index contributed by atoms with van der Waals surface area (Å²) in [5.74, 6) is -0.586. The van der Waals surface area contributed by atoms with E-state index in [4.69, 9.17) is 11.6 Å². The molecule has 0 radical (unpaired) electrons. The third kappa shape index (κ3) is 5.93. The van der Waals surface area contributed by atoms with Crippen LogP contribution in [0.2, 0.25) is 5.02 Å². The van der Waals surface area contributed by atoms with Crippen molar-refractivity contribution in [3.63, 3.8) is 0 Å². The van der Waals surface area contributed by atoms with Crippen LogP contribution in [0.25, 0.3) is 0 Å². The zero-order chi connectivity index (χ0) is 17.2. The molecular weight excluding hydrogens is 326 g/mol. The van der Waals surface area contributed by atoms with Crippen molar-refractivity contribution in [3.8, 4) is 0 Å². The Labute approximate surface area is 146 Å². The summed E-state index contributed by atoms with van der Waals surface area (Å²) >= 11 is 5.93. The maximum Gasteiger partial charge on any atom is 0.253 e. The van der Waals surface area contributed by atoms with E-state index in [1.807, 2.05) is 30.3 Å². The Hall–Kier alpha value is -2.53. The Kier molecular flexibility index (Phi) is 7.11. The Morgan fingerprint density at radius 2 is 1.58 bits per heavy atom. The number of para-hydroxylation sites is 1. The van der Waals surface area contributed by atoms with E-state index in [1.165, 1.54) is 0 Å². The maximum absolute atomic E-state index is 11.9. The molecule has 0 aliphatic heterocycles. The van der Waals surface area contributed by atoms with Gasteiger partial charge in [-0.25, -0.2) is 0 Å². The zero-order valence-corrected chi connectivity index (χ0v) is 14.0. The summed E-state index contributed by atoms with van der Waals surface area (Å²) < 4.78 is 0. The zero-order valence-electron chi connectivity index (χ0n) is 13.2. The van der Waals surface area contributed by atoms with Crippen molar-refractivity contribution in [2.75, 3.05) is 25.0 Å². The molecule has 0 atom stereocenters. The molecule has 2 amide bonds. The summed E-state index contributed by atoms with van der Waals surface area (Å²) in [6, 6.07) is 16.6. The van der Waals surface area contributed by atoms with Crippen LogP contribution in [0.4, 0.5) is 5.69 Å². The highest BCUT2D eigenvalue weighted by Crippen LogP contribution is 2.14. The Morgan fingerprint density at radius 3 is 2.33 bits per heavy atom. The smallest absolute Gasteiger partial charge is 0.253 e. The number of nitrogens with one attached hydrogen (secondary N) is 3. The number of rotatable bonds is 8. The van der Waals surface area contributed by atoms with Crippen molar-refractivity contribution < 1.29 is 9.59 Å². The lowest BCUT2D eigenvalue weighted by atomic mass is 10.2.